The molecule has 3 rings (SSSR count). The Balaban J connectivity index is 1.65. The molecule has 156 valence electrons. The summed E-state index contributed by atoms with van der Waals surface area (Å²) in [5.74, 6) is 0.195. The van der Waals surface area contributed by atoms with Crippen LogP contribution in [-0.2, 0) is 4.79 Å². The van der Waals surface area contributed by atoms with Crippen molar-refractivity contribution in [2.24, 2.45) is 0 Å². The molecule has 1 aromatic heterocycles. The van der Waals surface area contributed by atoms with E-state index in [2.05, 4.69) is 48.7 Å². The highest BCUT2D eigenvalue weighted by Gasteiger charge is 2.20. The van der Waals surface area contributed by atoms with Crippen molar-refractivity contribution >= 4 is 23.2 Å². The fourth-order valence-corrected chi connectivity index (χ4v) is 4.10. The molecule has 0 radical (unpaired) electrons. The summed E-state index contributed by atoms with van der Waals surface area (Å²) < 4.78 is 0. The van der Waals surface area contributed by atoms with Gasteiger partial charge in [-0.15, -0.1) is 11.3 Å². The van der Waals surface area contributed by atoms with Crippen LogP contribution in [0, 0.1) is 0 Å². The van der Waals surface area contributed by atoms with Crippen LogP contribution in [0.3, 0.4) is 0 Å². The van der Waals surface area contributed by atoms with Gasteiger partial charge in [0.15, 0.2) is 0 Å². The van der Waals surface area contributed by atoms with Crippen LogP contribution < -0.4 is 10.6 Å². The number of amides is 2. The molecular weight excluding hydrogens is 392 g/mol. The molecule has 0 fully saturated rings. The van der Waals surface area contributed by atoms with Crippen molar-refractivity contribution in [3.05, 3.63) is 93.7 Å². The summed E-state index contributed by atoms with van der Waals surface area (Å²) in [7, 11) is 0. The zero-order valence-corrected chi connectivity index (χ0v) is 18.4. The minimum Gasteiger partial charge on any atom is -0.349 e. The van der Waals surface area contributed by atoms with E-state index in [1.54, 1.807) is 23.5 Å². The van der Waals surface area contributed by atoms with Crippen LogP contribution >= 0.6 is 11.3 Å². The van der Waals surface area contributed by atoms with Gasteiger partial charge < -0.3 is 10.6 Å². The van der Waals surface area contributed by atoms with Gasteiger partial charge in [-0.2, -0.15) is 0 Å². The third kappa shape index (κ3) is 5.80. The first-order valence-corrected chi connectivity index (χ1v) is 11.1. The molecule has 1 heterocycles. The van der Waals surface area contributed by atoms with E-state index in [1.807, 2.05) is 42.6 Å². The molecule has 3 aromatic rings. The van der Waals surface area contributed by atoms with Crippen LogP contribution in [0.5, 0.6) is 0 Å². The number of thiophene rings is 1. The lowest BCUT2D eigenvalue weighted by molar-refractivity contribution is -0.121. The summed E-state index contributed by atoms with van der Waals surface area (Å²) in [6.45, 7) is 6.18. The minimum absolute atomic E-state index is 0.0952. The molecule has 0 aliphatic rings. The summed E-state index contributed by atoms with van der Waals surface area (Å²) in [6, 6.07) is 21.0. The smallest absolute Gasteiger partial charge is 0.251 e. The lowest BCUT2D eigenvalue weighted by atomic mass is 9.98. The Kier molecular flexibility index (Phi) is 7.41. The Morgan fingerprint density at radius 2 is 1.50 bits per heavy atom. The lowest BCUT2D eigenvalue weighted by Gasteiger charge is -2.21. The molecule has 0 spiro atoms. The largest absolute Gasteiger partial charge is 0.349 e. The fourth-order valence-electron chi connectivity index (χ4n) is 3.29. The molecule has 4 nitrogen and oxygen atoms in total. The predicted molar refractivity (Wildman–Crippen MR) is 123 cm³/mol. The molecule has 0 unspecified atom stereocenters. The Labute approximate surface area is 182 Å². The number of carbonyl (C=O) groups excluding carboxylic acids is 2. The van der Waals surface area contributed by atoms with Gasteiger partial charge in [0.25, 0.3) is 5.91 Å². The van der Waals surface area contributed by atoms with E-state index in [0.29, 0.717) is 11.5 Å². The van der Waals surface area contributed by atoms with Gasteiger partial charge in [-0.25, -0.2) is 0 Å². The summed E-state index contributed by atoms with van der Waals surface area (Å²) in [6.07, 6.45) is 0.213. The van der Waals surface area contributed by atoms with E-state index in [9.17, 15) is 9.59 Å². The number of rotatable bonds is 8. The molecule has 0 aliphatic carbocycles. The summed E-state index contributed by atoms with van der Waals surface area (Å²) >= 11 is 1.62. The SMILES string of the molecule is CC(C)c1ccc([C@@H](NC(=O)C[C@@H](C)NC(=O)c2ccccc2)c2cccs2)cc1. The van der Waals surface area contributed by atoms with Crippen LogP contribution in [0.2, 0.25) is 0 Å². The van der Waals surface area contributed by atoms with E-state index in [-0.39, 0.29) is 30.3 Å². The van der Waals surface area contributed by atoms with Crippen LogP contribution in [0.15, 0.2) is 72.1 Å². The molecule has 5 heteroatoms. The zero-order chi connectivity index (χ0) is 21.5. The molecule has 0 saturated heterocycles. The van der Waals surface area contributed by atoms with Crippen molar-refractivity contribution < 1.29 is 9.59 Å². The third-order valence-corrected chi connectivity index (χ3v) is 5.91. The molecule has 2 aromatic carbocycles. The van der Waals surface area contributed by atoms with Gasteiger partial charge in [-0.3, -0.25) is 9.59 Å². The molecule has 0 saturated carbocycles. The molecule has 2 N–H and O–H groups in total. The third-order valence-electron chi connectivity index (χ3n) is 4.97. The molecule has 2 atom stereocenters. The van der Waals surface area contributed by atoms with Crippen molar-refractivity contribution in [3.63, 3.8) is 0 Å². The van der Waals surface area contributed by atoms with Crippen molar-refractivity contribution in [1.82, 2.24) is 10.6 Å². The molecule has 30 heavy (non-hydrogen) atoms. The van der Waals surface area contributed by atoms with Crippen LogP contribution in [0.1, 0.15) is 65.5 Å². The zero-order valence-electron chi connectivity index (χ0n) is 17.6. The van der Waals surface area contributed by atoms with Gasteiger partial charge in [0.1, 0.15) is 0 Å². The van der Waals surface area contributed by atoms with Gasteiger partial charge in [0.05, 0.1) is 6.04 Å². The number of hydrogen-bond acceptors (Lipinski definition) is 3. The Bertz CT molecular complexity index is 951. The highest BCUT2D eigenvalue weighted by Crippen LogP contribution is 2.27. The normalized spacial score (nSPS) is 12.9. The molecule has 0 aliphatic heterocycles. The first-order valence-electron chi connectivity index (χ1n) is 10.2. The van der Waals surface area contributed by atoms with Crippen molar-refractivity contribution in [3.8, 4) is 0 Å². The van der Waals surface area contributed by atoms with Crippen molar-refractivity contribution in [1.29, 1.82) is 0 Å². The number of hydrogen-bond donors (Lipinski definition) is 2. The number of benzene rings is 2. The van der Waals surface area contributed by atoms with Gasteiger partial charge in [0, 0.05) is 22.9 Å². The Hall–Kier alpha value is -2.92. The number of nitrogens with one attached hydrogen (secondary N) is 2. The number of carbonyl (C=O) groups is 2. The average Bonchev–Trinajstić information content (AvgIpc) is 3.27. The van der Waals surface area contributed by atoms with Crippen LogP contribution in [0.4, 0.5) is 0 Å². The fraction of sp³-hybridized carbons (Fsp3) is 0.280. The van der Waals surface area contributed by atoms with E-state index < -0.39 is 0 Å². The average molecular weight is 421 g/mol. The second-order valence-electron chi connectivity index (χ2n) is 7.78. The van der Waals surface area contributed by atoms with E-state index in [1.165, 1.54) is 5.56 Å². The highest BCUT2D eigenvalue weighted by molar-refractivity contribution is 7.10. The summed E-state index contributed by atoms with van der Waals surface area (Å²) in [5.41, 5.74) is 2.91. The highest BCUT2D eigenvalue weighted by atomic mass is 32.1. The van der Waals surface area contributed by atoms with E-state index in [4.69, 9.17) is 0 Å². The maximum absolute atomic E-state index is 12.8. The second kappa shape index (κ2) is 10.2. The topological polar surface area (TPSA) is 58.2 Å². The first-order chi connectivity index (χ1) is 14.4. The maximum atomic E-state index is 12.8. The van der Waals surface area contributed by atoms with Crippen LogP contribution in [0.25, 0.3) is 0 Å². The van der Waals surface area contributed by atoms with Gasteiger partial charge >= 0.3 is 0 Å². The molecule has 2 amide bonds. The summed E-state index contributed by atoms with van der Waals surface area (Å²) in [5, 5.41) is 8.06. The summed E-state index contributed by atoms with van der Waals surface area (Å²) in [4.78, 5) is 26.2. The van der Waals surface area contributed by atoms with E-state index in [0.717, 1.165) is 10.4 Å². The molecular formula is C25H28N2O2S. The second-order valence-corrected chi connectivity index (χ2v) is 8.76. The van der Waals surface area contributed by atoms with Gasteiger partial charge in [-0.05, 0) is 47.5 Å². The van der Waals surface area contributed by atoms with Crippen LogP contribution in [-0.4, -0.2) is 17.9 Å². The van der Waals surface area contributed by atoms with Crippen molar-refractivity contribution in [2.45, 2.75) is 45.2 Å². The van der Waals surface area contributed by atoms with Gasteiger partial charge in [0.2, 0.25) is 5.91 Å². The predicted octanol–water partition coefficient (Wildman–Crippen LogP) is 5.29. The van der Waals surface area contributed by atoms with Gasteiger partial charge in [-0.1, -0.05) is 62.4 Å². The Morgan fingerprint density at radius 1 is 0.833 bits per heavy atom. The van der Waals surface area contributed by atoms with E-state index >= 15 is 0 Å². The standard InChI is InChI=1S/C25H28N2O2S/c1-17(2)19-11-13-20(14-12-19)24(22-10-7-15-30-22)27-23(28)16-18(3)26-25(29)21-8-5-4-6-9-21/h4-15,17-18,24H,16H2,1-3H3,(H,26,29)(H,27,28)/t18-,24-/m1/s1. The first kappa shape index (κ1) is 21.8. The minimum atomic E-state index is -0.273. The quantitative estimate of drug-likeness (QED) is 0.520. The maximum Gasteiger partial charge on any atom is 0.251 e. The lowest BCUT2D eigenvalue weighted by Crippen LogP contribution is -2.38. The Morgan fingerprint density at radius 3 is 2.10 bits per heavy atom. The molecule has 0 bridgehead atoms. The monoisotopic (exact) mass is 420 g/mol. The van der Waals surface area contributed by atoms with Crippen molar-refractivity contribution in [2.75, 3.05) is 0 Å².